The van der Waals surface area contributed by atoms with E-state index < -0.39 is 5.97 Å². The van der Waals surface area contributed by atoms with E-state index in [2.05, 4.69) is 32.1 Å². The Morgan fingerprint density at radius 2 is 1.42 bits per heavy atom. The summed E-state index contributed by atoms with van der Waals surface area (Å²) in [6, 6.07) is 3.16. The van der Waals surface area contributed by atoms with E-state index in [-0.39, 0.29) is 11.5 Å². The van der Waals surface area contributed by atoms with Crippen LogP contribution in [-0.4, -0.2) is 21.3 Å². The lowest BCUT2D eigenvalue weighted by Gasteiger charge is -2.07. The van der Waals surface area contributed by atoms with Crippen LogP contribution >= 0.6 is 0 Å². The summed E-state index contributed by atoms with van der Waals surface area (Å²) in [5, 5.41) is 29.2. The zero-order valence-corrected chi connectivity index (χ0v) is 19.7. The smallest absolute Gasteiger partial charge is 0.331 e. The minimum atomic E-state index is -0.822. The number of phenols is 2. The Bertz CT molecular complexity index is 865. The standard InChI is InChI=1S/C27H38O4/c1-19(2)9-6-13-23(27(30)31)14-8-12-20(3)10-7-11-21(4)15-16-24-18-25(28)17-22(5)26(24)29/h9-10,14-15,17-18,28-29H,6-8,11-13,16H2,1-5H3,(H,30,31). The van der Waals surface area contributed by atoms with Crippen molar-refractivity contribution >= 4 is 5.97 Å². The van der Waals surface area contributed by atoms with Crippen LogP contribution in [0.5, 0.6) is 11.5 Å². The summed E-state index contributed by atoms with van der Waals surface area (Å²) in [6.07, 6.45) is 13.6. The SMILES string of the molecule is CC(C)=CCCC(=CCCC(C)=CCCC(C)=CCc1cc(O)cc(C)c1O)C(=O)O. The largest absolute Gasteiger partial charge is 0.508 e. The molecule has 1 rings (SSSR count). The maximum atomic E-state index is 11.4. The van der Waals surface area contributed by atoms with Gasteiger partial charge in [0.1, 0.15) is 11.5 Å². The van der Waals surface area contributed by atoms with Gasteiger partial charge in [-0.15, -0.1) is 0 Å². The highest BCUT2D eigenvalue weighted by molar-refractivity contribution is 5.86. The number of phenolic OH excluding ortho intramolecular Hbond substituents is 2. The molecular weight excluding hydrogens is 388 g/mol. The van der Waals surface area contributed by atoms with Gasteiger partial charge in [0.2, 0.25) is 0 Å². The molecule has 3 N–H and O–H groups in total. The molecule has 0 unspecified atom stereocenters. The Morgan fingerprint density at radius 3 is 2.03 bits per heavy atom. The topological polar surface area (TPSA) is 77.8 Å². The fourth-order valence-electron chi connectivity index (χ4n) is 3.31. The molecule has 31 heavy (non-hydrogen) atoms. The van der Waals surface area contributed by atoms with Crippen molar-refractivity contribution < 1.29 is 20.1 Å². The van der Waals surface area contributed by atoms with Gasteiger partial charge in [0, 0.05) is 11.1 Å². The summed E-state index contributed by atoms with van der Waals surface area (Å²) in [7, 11) is 0. The van der Waals surface area contributed by atoms with E-state index >= 15 is 0 Å². The van der Waals surface area contributed by atoms with Crippen LogP contribution in [0.2, 0.25) is 0 Å². The van der Waals surface area contributed by atoms with Crippen molar-refractivity contribution in [3.63, 3.8) is 0 Å². The van der Waals surface area contributed by atoms with Crippen LogP contribution in [0.3, 0.4) is 0 Å². The molecule has 0 radical (unpaired) electrons. The lowest BCUT2D eigenvalue weighted by Crippen LogP contribution is -2.00. The molecule has 4 heteroatoms. The number of aromatic hydroxyl groups is 2. The van der Waals surface area contributed by atoms with Gasteiger partial charge in [-0.05, 0) is 97.3 Å². The van der Waals surface area contributed by atoms with E-state index in [0.29, 0.717) is 24.0 Å². The van der Waals surface area contributed by atoms with E-state index in [9.17, 15) is 20.1 Å². The predicted octanol–water partition coefficient (Wildman–Crippen LogP) is 7.16. The molecule has 0 aliphatic rings. The lowest BCUT2D eigenvalue weighted by molar-refractivity contribution is -0.132. The van der Waals surface area contributed by atoms with E-state index in [4.69, 9.17) is 0 Å². The molecule has 170 valence electrons. The van der Waals surface area contributed by atoms with E-state index in [0.717, 1.165) is 37.7 Å². The van der Waals surface area contributed by atoms with Crippen molar-refractivity contribution in [2.75, 3.05) is 0 Å². The number of carbonyl (C=O) groups is 1. The van der Waals surface area contributed by atoms with Gasteiger partial charge < -0.3 is 15.3 Å². The number of rotatable bonds is 12. The summed E-state index contributed by atoms with van der Waals surface area (Å²) in [6.45, 7) is 9.98. The fraction of sp³-hybridized carbons (Fsp3) is 0.444. The Hall–Kier alpha value is -2.75. The maximum Gasteiger partial charge on any atom is 0.331 e. The number of hydrogen-bond donors (Lipinski definition) is 3. The number of hydrogen-bond acceptors (Lipinski definition) is 3. The average molecular weight is 427 g/mol. The molecule has 1 aromatic carbocycles. The van der Waals surface area contributed by atoms with Gasteiger partial charge in [-0.25, -0.2) is 4.79 Å². The van der Waals surface area contributed by atoms with Crippen LogP contribution < -0.4 is 0 Å². The predicted molar refractivity (Wildman–Crippen MR) is 129 cm³/mol. The van der Waals surface area contributed by atoms with Gasteiger partial charge in [0.05, 0.1) is 0 Å². The quantitative estimate of drug-likeness (QED) is 0.188. The number of allylic oxidation sites excluding steroid dienone is 7. The van der Waals surface area contributed by atoms with Crippen molar-refractivity contribution in [1.29, 1.82) is 0 Å². The van der Waals surface area contributed by atoms with Gasteiger partial charge in [0.25, 0.3) is 0 Å². The Kier molecular flexibility index (Phi) is 11.5. The van der Waals surface area contributed by atoms with E-state index in [1.165, 1.54) is 16.7 Å². The van der Waals surface area contributed by atoms with Crippen LogP contribution in [0, 0.1) is 6.92 Å². The zero-order chi connectivity index (χ0) is 23.4. The van der Waals surface area contributed by atoms with Crippen molar-refractivity contribution in [3.05, 3.63) is 69.9 Å². The second kappa shape index (κ2) is 13.5. The van der Waals surface area contributed by atoms with Crippen molar-refractivity contribution in [3.8, 4) is 11.5 Å². The minimum Gasteiger partial charge on any atom is -0.508 e. The first-order valence-electron chi connectivity index (χ1n) is 11.0. The van der Waals surface area contributed by atoms with E-state index in [1.54, 1.807) is 19.1 Å². The number of aliphatic carboxylic acids is 1. The first-order chi connectivity index (χ1) is 14.6. The lowest BCUT2D eigenvalue weighted by atomic mass is 10.0. The normalized spacial score (nSPS) is 12.7. The highest BCUT2D eigenvalue weighted by atomic mass is 16.4. The second-order valence-electron chi connectivity index (χ2n) is 8.51. The van der Waals surface area contributed by atoms with Gasteiger partial charge in [-0.3, -0.25) is 0 Å². The Labute approximate surface area is 187 Å². The van der Waals surface area contributed by atoms with Crippen LogP contribution in [-0.2, 0) is 11.2 Å². The number of carboxylic acid groups (broad SMARTS) is 1. The molecule has 0 bridgehead atoms. The van der Waals surface area contributed by atoms with Gasteiger partial charge >= 0.3 is 5.97 Å². The molecule has 0 amide bonds. The van der Waals surface area contributed by atoms with Gasteiger partial charge in [-0.2, -0.15) is 0 Å². The summed E-state index contributed by atoms with van der Waals surface area (Å²) in [4.78, 5) is 11.4. The Balaban J connectivity index is 2.50. The molecule has 0 spiro atoms. The first-order valence-corrected chi connectivity index (χ1v) is 11.0. The minimum absolute atomic E-state index is 0.173. The molecule has 0 heterocycles. The maximum absolute atomic E-state index is 11.4. The molecular formula is C27H38O4. The van der Waals surface area contributed by atoms with Crippen LogP contribution in [0.4, 0.5) is 0 Å². The van der Waals surface area contributed by atoms with Crippen molar-refractivity contribution in [2.45, 2.75) is 79.6 Å². The Morgan fingerprint density at radius 1 is 0.839 bits per heavy atom. The number of aryl methyl sites for hydroxylation is 1. The molecule has 0 atom stereocenters. The summed E-state index contributed by atoms with van der Waals surface area (Å²) < 4.78 is 0. The summed E-state index contributed by atoms with van der Waals surface area (Å²) >= 11 is 0. The van der Waals surface area contributed by atoms with Gasteiger partial charge in [-0.1, -0.05) is 41.0 Å². The second-order valence-corrected chi connectivity index (χ2v) is 8.51. The fourth-order valence-corrected chi connectivity index (χ4v) is 3.31. The molecule has 0 aliphatic carbocycles. The van der Waals surface area contributed by atoms with Crippen molar-refractivity contribution in [1.82, 2.24) is 0 Å². The van der Waals surface area contributed by atoms with Gasteiger partial charge in [0.15, 0.2) is 0 Å². The average Bonchev–Trinajstić information content (AvgIpc) is 2.68. The number of carboxylic acids is 1. The molecule has 0 fully saturated rings. The third-order valence-electron chi connectivity index (χ3n) is 5.24. The molecule has 0 saturated carbocycles. The van der Waals surface area contributed by atoms with Crippen LogP contribution in [0.1, 0.15) is 77.3 Å². The third kappa shape index (κ3) is 10.7. The van der Waals surface area contributed by atoms with E-state index in [1.807, 2.05) is 19.9 Å². The molecule has 0 aromatic heterocycles. The zero-order valence-electron chi connectivity index (χ0n) is 19.7. The highest BCUT2D eigenvalue weighted by Gasteiger charge is 2.06. The summed E-state index contributed by atoms with van der Waals surface area (Å²) in [5.41, 5.74) is 5.61. The van der Waals surface area contributed by atoms with Crippen LogP contribution in [0.15, 0.2) is 58.7 Å². The van der Waals surface area contributed by atoms with Crippen molar-refractivity contribution in [2.24, 2.45) is 0 Å². The third-order valence-corrected chi connectivity index (χ3v) is 5.24. The molecule has 1 aromatic rings. The molecule has 4 nitrogen and oxygen atoms in total. The number of benzene rings is 1. The molecule has 0 saturated heterocycles. The monoisotopic (exact) mass is 426 g/mol. The molecule has 0 aliphatic heterocycles. The summed E-state index contributed by atoms with van der Waals surface area (Å²) in [5.74, 6) is -0.406. The highest BCUT2D eigenvalue weighted by Crippen LogP contribution is 2.28. The van der Waals surface area contributed by atoms with Crippen LogP contribution in [0.25, 0.3) is 0 Å². The first kappa shape index (κ1) is 26.3.